The Kier molecular flexibility index (Phi) is 5.65. The largest absolute Gasteiger partial charge is 0.302 e. The number of thiazole rings is 1. The van der Waals surface area contributed by atoms with E-state index in [4.69, 9.17) is 0 Å². The third-order valence-corrected chi connectivity index (χ3v) is 8.62. The number of para-hydroxylation sites is 1. The van der Waals surface area contributed by atoms with Crippen LogP contribution in [0.5, 0.6) is 0 Å². The summed E-state index contributed by atoms with van der Waals surface area (Å²) in [7, 11) is -3.54. The molecule has 0 radical (unpaired) electrons. The standard InChI is InChI=1S/C22H25N3O3S2/c1-14-7-8-18(13-16(14)3)30(27,28)25-11-9-17(10-12-25)21(26)24-22-23-20-15(2)5-4-6-19(20)29-22/h4-8,13,17H,9-12H2,1-3H3,(H,23,24,26). The molecule has 158 valence electrons. The maximum atomic E-state index is 13.0. The Morgan fingerprint density at radius 1 is 1.07 bits per heavy atom. The van der Waals surface area contributed by atoms with E-state index in [2.05, 4.69) is 10.3 Å². The second-order valence-corrected chi connectivity index (χ2v) is 10.8. The van der Waals surface area contributed by atoms with Gasteiger partial charge in [-0.25, -0.2) is 13.4 Å². The minimum absolute atomic E-state index is 0.0880. The van der Waals surface area contributed by atoms with Crippen molar-refractivity contribution in [1.82, 2.24) is 9.29 Å². The first kappa shape index (κ1) is 21.0. The minimum Gasteiger partial charge on any atom is -0.302 e. The van der Waals surface area contributed by atoms with Crippen LogP contribution in [0.4, 0.5) is 5.13 Å². The van der Waals surface area contributed by atoms with Crippen LogP contribution in [0.3, 0.4) is 0 Å². The van der Waals surface area contributed by atoms with Crippen molar-refractivity contribution in [2.45, 2.75) is 38.5 Å². The van der Waals surface area contributed by atoms with Crippen LogP contribution in [-0.4, -0.2) is 36.7 Å². The maximum absolute atomic E-state index is 13.0. The number of rotatable bonds is 4. The highest BCUT2D eigenvalue weighted by Crippen LogP contribution is 2.30. The van der Waals surface area contributed by atoms with E-state index in [0.717, 1.165) is 26.9 Å². The molecule has 2 aromatic carbocycles. The first-order valence-corrected chi connectivity index (χ1v) is 12.3. The van der Waals surface area contributed by atoms with Gasteiger partial charge >= 0.3 is 0 Å². The number of aromatic nitrogens is 1. The lowest BCUT2D eigenvalue weighted by Crippen LogP contribution is -2.41. The second kappa shape index (κ2) is 8.09. The molecule has 1 fully saturated rings. The predicted octanol–water partition coefficient (Wildman–Crippen LogP) is 4.26. The van der Waals surface area contributed by atoms with Crippen molar-refractivity contribution in [3.8, 4) is 0 Å². The molecule has 3 aromatic rings. The summed E-state index contributed by atoms with van der Waals surface area (Å²) in [5, 5.41) is 3.52. The fourth-order valence-electron chi connectivity index (χ4n) is 3.73. The molecule has 1 aliphatic rings. The smallest absolute Gasteiger partial charge is 0.243 e. The Balaban J connectivity index is 1.41. The van der Waals surface area contributed by atoms with E-state index in [9.17, 15) is 13.2 Å². The van der Waals surface area contributed by atoms with Gasteiger partial charge in [0.15, 0.2) is 5.13 Å². The van der Waals surface area contributed by atoms with Crippen LogP contribution < -0.4 is 5.32 Å². The Hall–Kier alpha value is -2.29. The molecule has 1 amide bonds. The summed E-state index contributed by atoms with van der Waals surface area (Å²) in [5.74, 6) is -0.306. The summed E-state index contributed by atoms with van der Waals surface area (Å²) in [6.45, 7) is 6.55. The summed E-state index contributed by atoms with van der Waals surface area (Å²) in [6, 6.07) is 11.2. The first-order chi connectivity index (χ1) is 14.3. The number of carbonyl (C=O) groups is 1. The molecule has 1 aromatic heterocycles. The molecule has 6 nitrogen and oxygen atoms in total. The number of piperidine rings is 1. The highest BCUT2D eigenvalue weighted by Gasteiger charge is 2.32. The number of amides is 1. The molecular weight excluding hydrogens is 418 g/mol. The molecule has 0 spiro atoms. The molecule has 2 heterocycles. The average molecular weight is 444 g/mol. The number of benzene rings is 2. The van der Waals surface area contributed by atoms with Gasteiger partial charge in [0.2, 0.25) is 15.9 Å². The van der Waals surface area contributed by atoms with Gasteiger partial charge in [0.25, 0.3) is 0 Å². The summed E-state index contributed by atoms with van der Waals surface area (Å²) in [5.41, 5.74) is 4.01. The molecular formula is C22H25N3O3S2. The molecule has 1 aliphatic heterocycles. The fourth-order valence-corrected chi connectivity index (χ4v) is 6.23. The van der Waals surface area contributed by atoms with Crippen molar-refractivity contribution in [1.29, 1.82) is 0 Å². The Morgan fingerprint density at radius 3 is 2.47 bits per heavy atom. The van der Waals surface area contributed by atoms with E-state index >= 15 is 0 Å². The highest BCUT2D eigenvalue weighted by molar-refractivity contribution is 7.89. The lowest BCUT2D eigenvalue weighted by molar-refractivity contribution is -0.120. The van der Waals surface area contributed by atoms with E-state index in [1.165, 1.54) is 15.6 Å². The van der Waals surface area contributed by atoms with Crippen molar-refractivity contribution < 1.29 is 13.2 Å². The molecule has 1 N–H and O–H groups in total. The highest BCUT2D eigenvalue weighted by atomic mass is 32.2. The van der Waals surface area contributed by atoms with E-state index < -0.39 is 10.0 Å². The van der Waals surface area contributed by atoms with E-state index in [1.807, 2.05) is 45.0 Å². The van der Waals surface area contributed by atoms with Gasteiger partial charge in [0, 0.05) is 19.0 Å². The third kappa shape index (κ3) is 3.99. The van der Waals surface area contributed by atoms with Gasteiger partial charge in [0.05, 0.1) is 15.1 Å². The van der Waals surface area contributed by atoms with Gasteiger partial charge in [0.1, 0.15) is 0 Å². The average Bonchev–Trinajstić information content (AvgIpc) is 3.14. The topological polar surface area (TPSA) is 79.4 Å². The van der Waals surface area contributed by atoms with Crippen LogP contribution >= 0.6 is 11.3 Å². The minimum atomic E-state index is -3.54. The van der Waals surface area contributed by atoms with Gasteiger partial charge < -0.3 is 5.32 Å². The predicted molar refractivity (Wildman–Crippen MR) is 120 cm³/mol. The maximum Gasteiger partial charge on any atom is 0.243 e. The molecule has 1 saturated heterocycles. The normalized spacial score (nSPS) is 16.1. The number of anilines is 1. The number of hydrogen-bond donors (Lipinski definition) is 1. The van der Waals surface area contributed by atoms with Gasteiger partial charge in [-0.3, -0.25) is 4.79 Å². The van der Waals surface area contributed by atoms with Crippen molar-refractivity contribution in [2.75, 3.05) is 18.4 Å². The molecule has 8 heteroatoms. The van der Waals surface area contributed by atoms with Crippen LogP contribution in [0, 0.1) is 26.7 Å². The Bertz CT molecular complexity index is 1210. The van der Waals surface area contributed by atoms with Gasteiger partial charge in [-0.15, -0.1) is 0 Å². The summed E-state index contributed by atoms with van der Waals surface area (Å²) in [4.78, 5) is 17.6. The zero-order valence-corrected chi connectivity index (χ0v) is 18.9. The first-order valence-electron chi connectivity index (χ1n) is 10.00. The lowest BCUT2D eigenvalue weighted by Gasteiger charge is -2.30. The number of hydrogen-bond acceptors (Lipinski definition) is 5. The quantitative estimate of drug-likeness (QED) is 0.653. The SMILES string of the molecule is Cc1ccc(S(=O)(=O)N2CCC(C(=O)Nc3nc4c(C)cccc4s3)CC2)cc1C. The van der Waals surface area contributed by atoms with E-state index in [1.54, 1.807) is 12.1 Å². The summed E-state index contributed by atoms with van der Waals surface area (Å²) >= 11 is 1.46. The molecule has 30 heavy (non-hydrogen) atoms. The fraction of sp³-hybridized carbons (Fsp3) is 0.364. The van der Waals surface area contributed by atoms with Crippen molar-refractivity contribution in [3.05, 3.63) is 53.1 Å². The van der Waals surface area contributed by atoms with Crippen molar-refractivity contribution >= 4 is 42.6 Å². The Morgan fingerprint density at radius 2 is 1.80 bits per heavy atom. The molecule has 0 aliphatic carbocycles. The van der Waals surface area contributed by atoms with Crippen LogP contribution in [0.2, 0.25) is 0 Å². The number of aryl methyl sites for hydroxylation is 3. The lowest BCUT2D eigenvalue weighted by atomic mass is 9.97. The van der Waals surface area contributed by atoms with Crippen LogP contribution in [-0.2, 0) is 14.8 Å². The van der Waals surface area contributed by atoms with Crippen LogP contribution in [0.25, 0.3) is 10.2 Å². The number of nitrogens with one attached hydrogen (secondary N) is 1. The van der Waals surface area contributed by atoms with Gasteiger partial charge in [-0.05, 0) is 68.5 Å². The van der Waals surface area contributed by atoms with Crippen LogP contribution in [0.15, 0.2) is 41.3 Å². The number of carbonyl (C=O) groups excluding carboxylic acids is 1. The monoisotopic (exact) mass is 443 g/mol. The summed E-state index contributed by atoms with van der Waals surface area (Å²) < 4.78 is 28.5. The molecule has 4 rings (SSSR count). The molecule has 0 unspecified atom stereocenters. The van der Waals surface area contributed by atoms with E-state index in [-0.39, 0.29) is 11.8 Å². The Labute approximate surface area is 181 Å². The second-order valence-electron chi connectivity index (χ2n) is 7.85. The van der Waals surface area contributed by atoms with Crippen LogP contribution in [0.1, 0.15) is 29.5 Å². The summed E-state index contributed by atoms with van der Waals surface area (Å²) in [6.07, 6.45) is 1.000. The molecule has 0 bridgehead atoms. The van der Waals surface area contributed by atoms with Crippen molar-refractivity contribution in [3.63, 3.8) is 0 Å². The molecule has 0 atom stereocenters. The van der Waals surface area contributed by atoms with E-state index in [0.29, 0.717) is 36.0 Å². The van der Waals surface area contributed by atoms with Crippen molar-refractivity contribution in [2.24, 2.45) is 5.92 Å². The zero-order chi connectivity index (χ0) is 21.5. The van der Waals surface area contributed by atoms with Gasteiger partial charge in [-0.2, -0.15) is 4.31 Å². The van der Waals surface area contributed by atoms with Gasteiger partial charge in [-0.1, -0.05) is 29.5 Å². The molecule has 0 saturated carbocycles. The number of sulfonamides is 1. The number of nitrogens with zero attached hydrogens (tertiary/aromatic N) is 2. The third-order valence-electron chi connectivity index (χ3n) is 5.79. The zero-order valence-electron chi connectivity index (χ0n) is 17.3. The number of fused-ring (bicyclic) bond motifs is 1.